The Hall–Kier alpha value is -1.09. The molecule has 1 aromatic carbocycles. The van der Waals surface area contributed by atoms with Crippen LogP contribution in [0, 0.1) is 11.7 Å². The predicted octanol–water partition coefficient (Wildman–Crippen LogP) is 3.20. The van der Waals surface area contributed by atoms with Crippen molar-refractivity contribution in [3.8, 4) is 5.75 Å². The average Bonchev–Trinajstić information content (AvgIpc) is 2.59. The summed E-state index contributed by atoms with van der Waals surface area (Å²) < 4.78 is 19.3. The fourth-order valence-corrected chi connectivity index (χ4v) is 3.24. The van der Waals surface area contributed by atoms with Crippen LogP contribution in [0.4, 0.5) is 4.39 Å². The van der Waals surface area contributed by atoms with E-state index in [0.717, 1.165) is 24.8 Å². The summed E-state index contributed by atoms with van der Waals surface area (Å²) in [5.74, 6) is 0.643. The predicted molar refractivity (Wildman–Crippen MR) is 62.4 cm³/mol. The van der Waals surface area contributed by atoms with Crippen LogP contribution in [0.15, 0.2) is 18.2 Å². The van der Waals surface area contributed by atoms with E-state index >= 15 is 0 Å². The summed E-state index contributed by atoms with van der Waals surface area (Å²) in [6.45, 7) is 2.16. The largest absolute Gasteiger partial charge is 0.486 e. The number of fused-ring (bicyclic) bond motifs is 1. The van der Waals surface area contributed by atoms with Gasteiger partial charge in [0, 0.05) is 18.1 Å². The van der Waals surface area contributed by atoms with E-state index in [1.807, 2.05) is 0 Å². The van der Waals surface area contributed by atoms with Crippen molar-refractivity contribution >= 4 is 0 Å². The molecule has 2 aliphatic rings. The average molecular weight is 236 g/mol. The maximum atomic E-state index is 13.2. The van der Waals surface area contributed by atoms with E-state index in [9.17, 15) is 9.50 Å². The van der Waals surface area contributed by atoms with Crippen LogP contribution in [0.3, 0.4) is 0 Å². The van der Waals surface area contributed by atoms with Gasteiger partial charge >= 0.3 is 0 Å². The molecule has 1 fully saturated rings. The van der Waals surface area contributed by atoms with Gasteiger partial charge < -0.3 is 9.84 Å². The van der Waals surface area contributed by atoms with E-state index in [-0.39, 0.29) is 11.4 Å². The van der Waals surface area contributed by atoms with Gasteiger partial charge in [-0.25, -0.2) is 4.39 Å². The van der Waals surface area contributed by atoms with E-state index in [2.05, 4.69) is 6.92 Å². The molecule has 1 aliphatic carbocycles. The second-order valence-corrected chi connectivity index (χ2v) is 5.36. The summed E-state index contributed by atoms with van der Waals surface area (Å²) in [5.41, 5.74) is 0.441. The van der Waals surface area contributed by atoms with Gasteiger partial charge in [-0.3, -0.25) is 0 Å². The fourth-order valence-electron chi connectivity index (χ4n) is 3.24. The summed E-state index contributed by atoms with van der Waals surface area (Å²) in [5, 5.41) is 10.2. The topological polar surface area (TPSA) is 29.5 Å². The van der Waals surface area contributed by atoms with Crippen LogP contribution in [0.25, 0.3) is 0 Å². The molecule has 3 heteroatoms. The second-order valence-electron chi connectivity index (χ2n) is 5.36. The van der Waals surface area contributed by atoms with Gasteiger partial charge in [0.2, 0.25) is 0 Å². The van der Waals surface area contributed by atoms with Gasteiger partial charge in [-0.15, -0.1) is 0 Å². The highest BCUT2D eigenvalue weighted by molar-refractivity contribution is 5.39. The molecule has 1 aliphatic heterocycles. The van der Waals surface area contributed by atoms with E-state index in [1.165, 1.54) is 12.1 Å². The first kappa shape index (κ1) is 11.0. The number of hydrogen-bond donors (Lipinski definition) is 1. The molecule has 1 saturated carbocycles. The highest BCUT2D eigenvalue weighted by atomic mass is 19.1. The molecule has 0 bridgehead atoms. The van der Waals surface area contributed by atoms with Gasteiger partial charge in [0.15, 0.2) is 0 Å². The third-order valence-corrected chi connectivity index (χ3v) is 4.32. The van der Waals surface area contributed by atoms with Crippen LogP contribution in [0.2, 0.25) is 0 Å². The third-order valence-electron chi connectivity index (χ3n) is 4.32. The highest BCUT2D eigenvalue weighted by Gasteiger charge is 2.47. The molecule has 0 saturated heterocycles. The minimum atomic E-state index is -0.528. The molecule has 1 heterocycles. The number of aliphatic hydroxyl groups is 1. The molecule has 2 nitrogen and oxygen atoms in total. The number of rotatable bonds is 0. The second kappa shape index (κ2) is 3.70. The summed E-state index contributed by atoms with van der Waals surface area (Å²) in [6, 6.07) is 4.40. The Balaban J connectivity index is 2.02. The first-order chi connectivity index (χ1) is 8.11. The SMILES string of the molecule is CC1CCCC12C[C@@H](O)c1ccc(F)cc1O2. The number of benzene rings is 1. The molecule has 0 radical (unpaired) electrons. The van der Waals surface area contributed by atoms with Gasteiger partial charge in [-0.05, 0) is 37.3 Å². The van der Waals surface area contributed by atoms with Gasteiger partial charge in [-0.1, -0.05) is 6.92 Å². The molecule has 0 amide bonds. The first-order valence-electron chi connectivity index (χ1n) is 6.27. The lowest BCUT2D eigenvalue weighted by Crippen LogP contribution is -2.43. The van der Waals surface area contributed by atoms with Crippen LogP contribution in [0.1, 0.15) is 44.3 Å². The van der Waals surface area contributed by atoms with Gasteiger partial charge in [-0.2, -0.15) is 0 Å². The maximum absolute atomic E-state index is 13.2. The Labute approximate surface area is 100 Å². The summed E-state index contributed by atoms with van der Waals surface area (Å²) in [4.78, 5) is 0. The Kier molecular flexibility index (Phi) is 2.40. The van der Waals surface area contributed by atoms with Crippen molar-refractivity contribution in [2.75, 3.05) is 0 Å². The van der Waals surface area contributed by atoms with E-state index in [1.54, 1.807) is 6.07 Å². The van der Waals surface area contributed by atoms with E-state index in [0.29, 0.717) is 18.1 Å². The number of aliphatic hydroxyl groups excluding tert-OH is 1. The van der Waals surface area contributed by atoms with Crippen molar-refractivity contribution in [2.45, 2.75) is 44.3 Å². The van der Waals surface area contributed by atoms with Gasteiger partial charge in [0.1, 0.15) is 17.2 Å². The van der Waals surface area contributed by atoms with Crippen LogP contribution < -0.4 is 4.74 Å². The maximum Gasteiger partial charge on any atom is 0.128 e. The van der Waals surface area contributed by atoms with Crippen LogP contribution in [-0.4, -0.2) is 10.7 Å². The molecule has 3 atom stereocenters. The lowest BCUT2D eigenvalue weighted by atomic mass is 9.82. The monoisotopic (exact) mass is 236 g/mol. The molecule has 2 unspecified atom stereocenters. The lowest BCUT2D eigenvalue weighted by Gasteiger charge is -2.41. The highest BCUT2D eigenvalue weighted by Crippen LogP contribution is 2.49. The zero-order valence-electron chi connectivity index (χ0n) is 9.95. The van der Waals surface area contributed by atoms with E-state index < -0.39 is 6.10 Å². The van der Waals surface area contributed by atoms with Crippen LogP contribution in [-0.2, 0) is 0 Å². The lowest BCUT2D eigenvalue weighted by molar-refractivity contribution is -0.0358. The minimum Gasteiger partial charge on any atom is -0.486 e. The third kappa shape index (κ3) is 1.64. The fraction of sp³-hybridized carbons (Fsp3) is 0.571. The number of ether oxygens (including phenoxy) is 1. The van der Waals surface area contributed by atoms with Crippen LogP contribution >= 0.6 is 0 Å². The van der Waals surface area contributed by atoms with Crippen LogP contribution in [0.5, 0.6) is 5.75 Å². The Morgan fingerprint density at radius 3 is 3.00 bits per heavy atom. The normalized spacial score (nSPS) is 35.7. The molecule has 1 N–H and O–H groups in total. The van der Waals surface area contributed by atoms with Crippen molar-refractivity contribution < 1.29 is 14.2 Å². The molecule has 0 aromatic heterocycles. The smallest absolute Gasteiger partial charge is 0.128 e. The van der Waals surface area contributed by atoms with E-state index in [4.69, 9.17) is 4.74 Å². The summed E-state index contributed by atoms with van der Waals surface area (Å²) in [6.07, 6.45) is 3.31. The molecule has 3 rings (SSSR count). The van der Waals surface area contributed by atoms with Crippen molar-refractivity contribution in [3.05, 3.63) is 29.6 Å². The zero-order valence-corrected chi connectivity index (χ0v) is 9.95. The molecule has 92 valence electrons. The van der Waals surface area contributed by atoms with Crippen molar-refractivity contribution in [3.63, 3.8) is 0 Å². The molecule has 17 heavy (non-hydrogen) atoms. The quantitative estimate of drug-likeness (QED) is 0.749. The first-order valence-corrected chi connectivity index (χ1v) is 6.27. The number of hydrogen-bond acceptors (Lipinski definition) is 2. The summed E-state index contributed by atoms with van der Waals surface area (Å²) >= 11 is 0. The standard InChI is InChI=1S/C14H17FO2/c1-9-3-2-6-14(9)8-12(16)11-5-4-10(15)7-13(11)17-14/h4-5,7,9,12,16H,2-3,6,8H2,1H3/t9?,12-,14?/m1/s1. The summed E-state index contributed by atoms with van der Waals surface area (Å²) in [7, 11) is 0. The molecular weight excluding hydrogens is 219 g/mol. The Bertz CT molecular complexity index is 446. The number of halogens is 1. The zero-order chi connectivity index (χ0) is 12.0. The van der Waals surface area contributed by atoms with Gasteiger partial charge in [0.05, 0.1) is 6.10 Å². The van der Waals surface area contributed by atoms with Crippen molar-refractivity contribution in [1.82, 2.24) is 0 Å². The minimum absolute atomic E-state index is 0.278. The van der Waals surface area contributed by atoms with Crippen molar-refractivity contribution in [1.29, 1.82) is 0 Å². The molecule has 1 spiro atoms. The Morgan fingerprint density at radius 1 is 1.47 bits per heavy atom. The van der Waals surface area contributed by atoms with Gasteiger partial charge in [0.25, 0.3) is 0 Å². The molecule has 1 aromatic rings. The van der Waals surface area contributed by atoms with Crippen molar-refractivity contribution in [2.24, 2.45) is 5.92 Å². The Morgan fingerprint density at radius 2 is 2.29 bits per heavy atom. The molecular formula is C14H17FO2.